The zero-order chi connectivity index (χ0) is 12.3. The van der Waals surface area contributed by atoms with Gasteiger partial charge in [-0.3, -0.25) is 0 Å². The summed E-state index contributed by atoms with van der Waals surface area (Å²) in [6, 6.07) is 5.11. The number of benzene rings is 1. The van der Waals surface area contributed by atoms with Crippen molar-refractivity contribution in [1.29, 1.82) is 0 Å². The van der Waals surface area contributed by atoms with Gasteiger partial charge in [0.25, 0.3) is 0 Å². The molecule has 17 heavy (non-hydrogen) atoms. The van der Waals surface area contributed by atoms with E-state index in [1.165, 1.54) is 0 Å². The van der Waals surface area contributed by atoms with Crippen LogP contribution in [0.5, 0.6) is 0 Å². The van der Waals surface area contributed by atoms with Crippen molar-refractivity contribution in [2.45, 2.75) is 23.8 Å². The number of nitrogens with two attached hydrogens (primary N) is 1. The molecular formula is C12H15NO3S. The van der Waals surface area contributed by atoms with Crippen LogP contribution in [0.2, 0.25) is 0 Å². The van der Waals surface area contributed by atoms with Crippen LogP contribution in [0.4, 0.5) is 5.69 Å². The lowest BCUT2D eigenvalue weighted by molar-refractivity contribution is 0.0698. The molecule has 0 saturated carbocycles. The van der Waals surface area contributed by atoms with Crippen molar-refractivity contribution in [2.24, 2.45) is 0 Å². The van der Waals surface area contributed by atoms with Crippen LogP contribution in [-0.2, 0) is 4.74 Å². The third kappa shape index (κ3) is 3.14. The van der Waals surface area contributed by atoms with E-state index in [0.717, 1.165) is 30.1 Å². The summed E-state index contributed by atoms with van der Waals surface area (Å²) in [6.45, 7) is 0.841. The number of carboxylic acids is 1. The van der Waals surface area contributed by atoms with Gasteiger partial charge in [0.1, 0.15) is 0 Å². The summed E-state index contributed by atoms with van der Waals surface area (Å²) in [7, 11) is 0. The minimum absolute atomic E-state index is 0.169. The van der Waals surface area contributed by atoms with Gasteiger partial charge < -0.3 is 15.6 Å². The Kier molecular flexibility index (Phi) is 3.91. The first-order chi connectivity index (χ1) is 8.16. The zero-order valence-electron chi connectivity index (χ0n) is 9.39. The van der Waals surface area contributed by atoms with Crippen molar-refractivity contribution in [1.82, 2.24) is 0 Å². The molecule has 0 aromatic heterocycles. The maximum absolute atomic E-state index is 10.9. The van der Waals surface area contributed by atoms with Gasteiger partial charge in [-0.15, -0.1) is 11.8 Å². The molecule has 3 N–H and O–H groups in total. The highest BCUT2D eigenvalue weighted by molar-refractivity contribution is 7.99. The fourth-order valence-electron chi connectivity index (χ4n) is 1.78. The van der Waals surface area contributed by atoms with Crippen LogP contribution < -0.4 is 5.73 Å². The highest BCUT2D eigenvalue weighted by Crippen LogP contribution is 2.26. The third-order valence-electron chi connectivity index (χ3n) is 2.72. The molecule has 0 radical (unpaired) electrons. The Morgan fingerprint density at radius 2 is 2.41 bits per heavy atom. The first-order valence-corrected chi connectivity index (χ1v) is 6.52. The average molecular weight is 253 g/mol. The second-order valence-electron chi connectivity index (χ2n) is 4.00. The number of ether oxygens (including phenoxy) is 1. The maximum Gasteiger partial charge on any atom is 0.337 e. The quantitative estimate of drug-likeness (QED) is 0.636. The number of nitrogen functional groups attached to an aromatic ring is 1. The molecular weight excluding hydrogens is 238 g/mol. The number of hydrogen-bond acceptors (Lipinski definition) is 4. The fourth-order valence-corrected chi connectivity index (χ4v) is 2.78. The van der Waals surface area contributed by atoms with Crippen LogP contribution >= 0.6 is 11.8 Å². The van der Waals surface area contributed by atoms with Gasteiger partial charge in [0.05, 0.1) is 11.7 Å². The number of carbonyl (C=O) groups is 1. The second kappa shape index (κ2) is 5.42. The number of hydrogen-bond donors (Lipinski definition) is 2. The summed E-state index contributed by atoms with van der Waals surface area (Å²) in [5.41, 5.74) is 6.07. The summed E-state index contributed by atoms with van der Waals surface area (Å²) in [6.07, 6.45) is 2.51. The van der Waals surface area contributed by atoms with Gasteiger partial charge in [0.15, 0.2) is 0 Å². The van der Waals surface area contributed by atoms with Crippen molar-refractivity contribution in [3.05, 3.63) is 23.8 Å². The normalized spacial score (nSPS) is 19.4. The topological polar surface area (TPSA) is 72.5 Å². The highest BCUT2D eigenvalue weighted by Gasteiger charge is 2.16. The Bertz CT molecular complexity index is 416. The van der Waals surface area contributed by atoms with Crippen LogP contribution in [0.15, 0.2) is 23.1 Å². The Labute approximate surface area is 104 Å². The molecule has 92 valence electrons. The molecule has 0 aliphatic carbocycles. The Hall–Kier alpha value is -1.20. The van der Waals surface area contributed by atoms with E-state index in [2.05, 4.69) is 0 Å². The molecule has 1 atom stereocenters. The third-order valence-corrected chi connectivity index (χ3v) is 3.84. The Morgan fingerprint density at radius 3 is 3.06 bits per heavy atom. The average Bonchev–Trinajstić information content (AvgIpc) is 2.80. The minimum atomic E-state index is -0.984. The maximum atomic E-state index is 10.9. The van der Waals surface area contributed by atoms with E-state index in [0.29, 0.717) is 11.8 Å². The van der Waals surface area contributed by atoms with E-state index >= 15 is 0 Å². The van der Waals surface area contributed by atoms with Gasteiger partial charge in [0.2, 0.25) is 0 Å². The van der Waals surface area contributed by atoms with Crippen LogP contribution in [0.3, 0.4) is 0 Å². The van der Waals surface area contributed by atoms with E-state index in [1.807, 2.05) is 6.07 Å². The molecule has 4 nitrogen and oxygen atoms in total. The number of rotatable bonds is 4. The lowest BCUT2D eigenvalue weighted by Gasteiger charge is -2.09. The van der Waals surface area contributed by atoms with Crippen molar-refractivity contribution in [2.75, 3.05) is 18.1 Å². The summed E-state index contributed by atoms with van der Waals surface area (Å²) < 4.78 is 5.51. The molecule has 0 spiro atoms. The molecule has 1 fully saturated rings. The van der Waals surface area contributed by atoms with E-state index in [9.17, 15) is 4.79 Å². The van der Waals surface area contributed by atoms with Crippen molar-refractivity contribution >= 4 is 23.4 Å². The van der Waals surface area contributed by atoms with E-state index in [1.54, 1.807) is 23.9 Å². The number of aromatic carboxylic acids is 1. The minimum Gasteiger partial charge on any atom is -0.478 e. The van der Waals surface area contributed by atoms with Gasteiger partial charge in [-0.05, 0) is 31.0 Å². The van der Waals surface area contributed by atoms with Gasteiger partial charge in [-0.1, -0.05) is 0 Å². The molecule has 1 saturated heterocycles. The van der Waals surface area contributed by atoms with E-state index < -0.39 is 5.97 Å². The van der Waals surface area contributed by atoms with Gasteiger partial charge in [-0.2, -0.15) is 0 Å². The summed E-state index contributed by atoms with van der Waals surface area (Å²) >= 11 is 1.61. The molecule has 1 aromatic rings. The number of carboxylic acid groups (broad SMARTS) is 1. The van der Waals surface area contributed by atoms with Crippen LogP contribution in [0, 0.1) is 0 Å². The molecule has 1 aliphatic rings. The first-order valence-electron chi connectivity index (χ1n) is 5.54. The molecule has 5 heteroatoms. The molecule has 2 rings (SSSR count). The summed E-state index contributed by atoms with van der Waals surface area (Å²) in [5, 5.41) is 8.96. The largest absolute Gasteiger partial charge is 0.478 e. The van der Waals surface area contributed by atoms with Gasteiger partial charge in [-0.25, -0.2) is 4.79 Å². The first kappa shape index (κ1) is 12.3. The van der Waals surface area contributed by atoms with E-state index in [4.69, 9.17) is 15.6 Å². The Morgan fingerprint density at radius 1 is 1.59 bits per heavy atom. The molecule has 1 heterocycles. The smallest absolute Gasteiger partial charge is 0.337 e. The lowest BCUT2D eigenvalue weighted by Crippen LogP contribution is -2.08. The summed E-state index contributed by atoms with van der Waals surface area (Å²) in [4.78, 5) is 11.8. The predicted molar refractivity (Wildman–Crippen MR) is 67.5 cm³/mol. The fraction of sp³-hybridized carbons (Fsp3) is 0.417. The van der Waals surface area contributed by atoms with Crippen molar-refractivity contribution in [3.8, 4) is 0 Å². The SMILES string of the molecule is Nc1ccc(SCC2CCCO2)cc1C(=O)O. The molecule has 1 aromatic carbocycles. The predicted octanol–water partition coefficient (Wildman–Crippen LogP) is 2.24. The van der Waals surface area contributed by atoms with Crippen molar-refractivity contribution in [3.63, 3.8) is 0 Å². The number of thioether (sulfide) groups is 1. The zero-order valence-corrected chi connectivity index (χ0v) is 10.2. The highest BCUT2D eigenvalue weighted by atomic mass is 32.2. The van der Waals surface area contributed by atoms with Gasteiger partial charge >= 0.3 is 5.97 Å². The van der Waals surface area contributed by atoms with Gasteiger partial charge in [0, 0.05) is 22.9 Å². The van der Waals surface area contributed by atoms with Crippen LogP contribution in [0.25, 0.3) is 0 Å². The monoisotopic (exact) mass is 253 g/mol. The van der Waals surface area contributed by atoms with E-state index in [-0.39, 0.29) is 5.56 Å². The van der Waals surface area contributed by atoms with Crippen LogP contribution in [0.1, 0.15) is 23.2 Å². The second-order valence-corrected chi connectivity index (χ2v) is 5.09. The number of anilines is 1. The van der Waals surface area contributed by atoms with Crippen LogP contribution in [-0.4, -0.2) is 29.5 Å². The Balaban J connectivity index is 2.00. The molecule has 1 aliphatic heterocycles. The lowest BCUT2D eigenvalue weighted by atomic mass is 10.2. The van der Waals surface area contributed by atoms with Crippen molar-refractivity contribution < 1.29 is 14.6 Å². The molecule has 0 amide bonds. The summed E-state index contributed by atoms with van der Waals surface area (Å²) in [5.74, 6) is -0.120. The molecule has 0 bridgehead atoms. The molecule has 1 unspecified atom stereocenters. The standard InChI is InChI=1S/C12H15NO3S/c13-11-4-3-9(6-10(11)12(14)15)17-7-8-2-1-5-16-8/h3-4,6,8H,1-2,5,7,13H2,(H,14,15).